The van der Waals surface area contributed by atoms with Crippen LogP contribution in [0, 0.1) is 5.92 Å². The van der Waals surface area contributed by atoms with Crippen LogP contribution in [0.25, 0.3) is 0 Å². The molecule has 2 heteroatoms. The lowest BCUT2D eigenvalue weighted by Crippen LogP contribution is -2.38. The van der Waals surface area contributed by atoms with E-state index >= 15 is 0 Å². The van der Waals surface area contributed by atoms with Crippen LogP contribution < -0.4 is 5.32 Å². The van der Waals surface area contributed by atoms with Crippen LogP contribution in [0.3, 0.4) is 0 Å². The molecule has 0 amide bonds. The summed E-state index contributed by atoms with van der Waals surface area (Å²) < 4.78 is 5.25. The van der Waals surface area contributed by atoms with E-state index in [0.29, 0.717) is 6.10 Å². The standard InChI is InChI=1S/C12H25NO/c1-10-7-5-4-6-8-12(10)13-9-11(2)14-3/h10-13H,4-9H2,1-3H3. The molecule has 0 aromatic heterocycles. The Hall–Kier alpha value is -0.0800. The van der Waals surface area contributed by atoms with Crippen molar-refractivity contribution in [3.05, 3.63) is 0 Å². The first-order chi connectivity index (χ1) is 6.74. The van der Waals surface area contributed by atoms with Gasteiger partial charge in [0.05, 0.1) is 6.10 Å². The summed E-state index contributed by atoms with van der Waals surface area (Å²) in [5.41, 5.74) is 0. The van der Waals surface area contributed by atoms with Gasteiger partial charge in [-0.2, -0.15) is 0 Å². The van der Waals surface area contributed by atoms with Crippen LogP contribution >= 0.6 is 0 Å². The van der Waals surface area contributed by atoms with Crippen LogP contribution in [-0.4, -0.2) is 25.8 Å². The molecule has 1 N–H and O–H groups in total. The van der Waals surface area contributed by atoms with E-state index in [9.17, 15) is 0 Å². The second kappa shape index (κ2) is 6.41. The zero-order valence-electron chi connectivity index (χ0n) is 9.88. The van der Waals surface area contributed by atoms with Crippen LogP contribution in [0.1, 0.15) is 46.0 Å². The first kappa shape index (κ1) is 12.0. The zero-order chi connectivity index (χ0) is 10.4. The quantitative estimate of drug-likeness (QED) is 0.703. The number of hydrogen-bond donors (Lipinski definition) is 1. The Labute approximate surface area is 88.4 Å². The highest BCUT2D eigenvalue weighted by Crippen LogP contribution is 2.22. The minimum Gasteiger partial charge on any atom is -0.380 e. The minimum absolute atomic E-state index is 0.338. The van der Waals surface area contributed by atoms with Gasteiger partial charge >= 0.3 is 0 Å². The molecule has 84 valence electrons. The second-order valence-electron chi connectivity index (χ2n) is 4.68. The first-order valence-electron chi connectivity index (χ1n) is 6.00. The molecule has 0 spiro atoms. The molecular weight excluding hydrogens is 174 g/mol. The highest BCUT2D eigenvalue weighted by Gasteiger charge is 2.19. The van der Waals surface area contributed by atoms with E-state index in [1.54, 1.807) is 7.11 Å². The van der Waals surface area contributed by atoms with Gasteiger partial charge < -0.3 is 10.1 Å². The largest absolute Gasteiger partial charge is 0.380 e. The summed E-state index contributed by atoms with van der Waals surface area (Å²) in [6.07, 6.45) is 7.30. The number of rotatable bonds is 4. The lowest BCUT2D eigenvalue weighted by atomic mass is 9.97. The Morgan fingerprint density at radius 3 is 2.71 bits per heavy atom. The third-order valence-corrected chi connectivity index (χ3v) is 3.43. The molecule has 14 heavy (non-hydrogen) atoms. The van der Waals surface area contributed by atoms with E-state index in [1.165, 1.54) is 32.1 Å². The third-order valence-electron chi connectivity index (χ3n) is 3.43. The fourth-order valence-corrected chi connectivity index (χ4v) is 2.20. The van der Waals surface area contributed by atoms with Crippen molar-refractivity contribution >= 4 is 0 Å². The maximum Gasteiger partial charge on any atom is 0.0667 e. The highest BCUT2D eigenvalue weighted by molar-refractivity contribution is 4.77. The van der Waals surface area contributed by atoms with Crippen molar-refractivity contribution in [2.75, 3.05) is 13.7 Å². The van der Waals surface area contributed by atoms with E-state index in [0.717, 1.165) is 18.5 Å². The maximum absolute atomic E-state index is 5.25. The van der Waals surface area contributed by atoms with Crippen molar-refractivity contribution in [2.45, 2.75) is 58.1 Å². The van der Waals surface area contributed by atoms with Gasteiger partial charge in [-0.15, -0.1) is 0 Å². The Balaban J connectivity index is 2.26. The van der Waals surface area contributed by atoms with Crippen LogP contribution in [-0.2, 0) is 4.74 Å². The van der Waals surface area contributed by atoms with Gasteiger partial charge in [-0.05, 0) is 25.7 Å². The van der Waals surface area contributed by atoms with Gasteiger partial charge in [0.2, 0.25) is 0 Å². The molecule has 2 nitrogen and oxygen atoms in total. The van der Waals surface area contributed by atoms with Crippen molar-refractivity contribution in [3.63, 3.8) is 0 Å². The molecule has 0 heterocycles. The summed E-state index contributed by atoms with van der Waals surface area (Å²) in [6.45, 7) is 5.49. The van der Waals surface area contributed by atoms with Crippen molar-refractivity contribution in [3.8, 4) is 0 Å². The van der Waals surface area contributed by atoms with Crippen LogP contribution in [0.2, 0.25) is 0 Å². The molecule has 0 aliphatic heterocycles. The molecule has 0 saturated heterocycles. The Bertz CT molecular complexity index is 149. The molecule has 1 rings (SSSR count). The summed E-state index contributed by atoms with van der Waals surface area (Å²) in [6, 6.07) is 0.718. The molecule has 0 aromatic rings. The van der Waals surface area contributed by atoms with Crippen molar-refractivity contribution in [1.29, 1.82) is 0 Å². The van der Waals surface area contributed by atoms with Crippen molar-refractivity contribution < 1.29 is 4.74 Å². The third kappa shape index (κ3) is 3.97. The van der Waals surface area contributed by atoms with Gasteiger partial charge in [0, 0.05) is 19.7 Å². The number of ether oxygens (including phenoxy) is 1. The van der Waals surface area contributed by atoms with Gasteiger partial charge in [0.1, 0.15) is 0 Å². The molecule has 1 fully saturated rings. The van der Waals surface area contributed by atoms with Crippen LogP contribution in [0.4, 0.5) is 0 Å². The molecule has 3 unspecified atom stereocenters. The SMILES string of the molecule is COC(C)CNC1CCCCCC1C. The normalized spacial score (nSPS) is 31.1. The predicted molar refractivity (Wildman–Crippen MR) is 60.5 cm³/mol. The minimum atomic E-state index is 0.338. The molecule has 1 saturated carbocycles. The smallest absolute Gasteiger partial charge is 0.0667 e. The summed E-state index contributed by atoms with van der Waals surface area (Å²) >= 11 is 0. The van der Waals surface area contributed by atoms with Crippen molar-refractivity contribution in [2.24, 2.45) is 5.92 Å². The summed E-state index contributed by atoms with van der Waals surface area (Å²) in [5.74, 6) is 0.835. The van der Waals surface area contributed by atoms with E-state index in [2.05, 4.69) is 19.2 Å². The average Bonchev–Trinajstić information content (AvgIpc) is 2.39. The molecule has 0 bridgehead atoms. The van der Waals surface area contributed by atoms with Gasteiger partial charge in [0.15, 0.2) is 0 Å². The van der Waals surface area contributed by atoms with Gasteiger partial charge in [0.25, 0.3) is 0 Å². The van der Waals surface area contributed by atoms with Crippen molar-refractivity contribution in [1.82, 2.24) is 5.32 Å². The molecule has 1 aliphatic carbocycles. The molecule has 0 radical (unpaired) electrons. The topological polar surface area (TPSA) is 21.3 Å². The highest BCUT2D eigenvalue weighted by atomic mass is 16.5. The van der Waals surface area contributed by atoms with E-state index in [4.69, 9.17) is 4.74 Å². The monoisotopic (exact) mass is 199 g/mol. The molecular formula is C12H25NO. The molecule has 1 aliphatic rings. The number of nitrogens with one attached hydrogen (secondary N) is 1. The second-order valence-corrected chi connectivity index (χ2v) is 4.68. The van der Waals surface area contributed by atoms with E-state index in [1.807, 2.05) is 0 Å². The molecule has 3 atom stereocenters. The van der Waals surface area contributed by atoms with Gasteiger partial charge in [-0.3, -0.25) is 0 Å². The maximum atomic E-state index is 5.25. The van der Waals surface area contributed by atoms with E-state index in [-0.39, 0.29) is 0 Å². The Kier molecular flexibility index (Phi) is 5.49. The average molecular weight is 199 g/mol. The molecule has 0 aromatic carbocycles. The fraction of sp³-hybridized carbons (Fsp3) is 1.00. The lowest BCUT2D eigenvalue weighted by molar-refractivity contribution is 0.111. The Morgan fingerprint density at radius 2 is 2.00 bits per heavy atom. The predicted octanol–water partition coefficient (Wildman–Crippen LogP) is 2.58. The van der Waals surface area contributed by atoms with Gasteiger partial charge in [-0.1, -0.05) is 26.2 Å². The first-order valence-corrected chi connectivity index (χ1v) is 6.00. The summed E-state index contributed by atoms with van der Waals surface area (Å²) in [5, 5.41) is 3.64. The lowest BCUT2D eigenvalue weighted by Gasteiger charge is -2.24. The van der Waals surface area contributed by atoms with E-state index < -0.39 is 0 Å². The van der Waals surface area contributed by atoms with Gasteiger partial charge in [-0.25, -0.2) is 0 Å². The number of methoxy groups -OCH3 is 1. The summed E-state index contributed by atoms with van der Waals surface area (Å²) in [7, 11) is 1.78. The summed E-state index contributed by atoms with van der Waals surface area (Å²) in [4.78, 5) is 0. The Morgan fingerprint density at radius 1 is 1.29 bits per heavy atom. The zero-order valence-corrected chi connectivity index (χ0v) is 9.88. The van der Waals surface area contributed by atoms with Crippen LogP contribution in [0.5, 0.6) is 0 Å². The van der Waals surface area contributed by atoms with Crippen LogP contribution in [0.15, 0.2) is 0 Å². The number of hydrogen-bond acceptors (Lipinski definition) is 2. The fourth-order valence-electron chi connectivity index (χ4n) is 2.20.